The minimum absolute atomic E-state index is 0.154. The van der Waals surface area contributed by atoms with Gasteiger partial charge in [-0.3, -0.25) is 9.59 Å². The van der Waals surface area contributed by atoms with Gasteiger partial charge in [0.1, 0.15) is 5.75 Å². The van der Waals surface area contributed by atoms with Crippen LogP contribution in [0.15, 0.2) is 54.6 Å². The minimum Gasteiger partial charge on any atom is -0.493 e. The maximum absolute atomic E-state index is 13.3. The van der Waals surface area contributed by atoms with E-state index in [1.165, 1.54) is 0 Å². The summed E-state index contributed by atoms with van der Waals surface area (Å²) in [6, 6.07) is 17.0. The normalized spacial score (nSPS) is 10.6. The molecule has 1 amide bonds. The predicted octanol–water partition coefficient (Wildman–Crippen LogP) is 4.71. The molecule has 5 heteroatoms. The third kappa shape index (κ3) is 7.60. The van der Waals surface area contributed by atoms with Gasteiger partial charge >= 0.3 is 5.97 Å². The van der Waals surface area contributed by atoms with Crippen molar-refractivity contribution in [3.8, 4) is 5.75 Å². The number of carbonyl (C=O) groups excluding carboxylic acids is 2. The predicted molar refractivity (Wildman–Crippen MR) is 114 cm³/mol. The molecule has 29 heavy (non-hydrogen) atoms. The summed E-state index contributed by atoms with van der Waals surface area (Å²) < 4.78 is 10.9. The molecule has 0 bridgehead atoms. The lowest BCUT2D eigenvalue weighted by Gasteiger charge is -2.24. The fourth-order valence-corrected chi connectivity index (χ4v) is 2.86. The van der Waals surface area contributed by atoms with E-state index in [-0.39, 0.29) is 24.8 Å². The van der Waals surface area contributed by atoms with E-state index in [1.54, 1.807) is 17.9 Å². The van der Waals surface area contributed by atoms with Gasteiger partial charge in [-0.15, -0.1) is 0 Å². The molecule has 0 saturated heterocycles. The maximum Gasteiger partial charge on any atom is 0.307 e. The second kappa shape index (κ2) is 11.9. The summed E-state index contributed by atoms with van der Waals surface area (Å²) in [5.41, 5.74) is 1.51. The van der Waals surface area contributed by atoms with Crippen LogP contribution in [-0.4, -0.2) is 36.5 Å². The van der Waals surface area contributed by atoms with Crippen LogP contribution in [0.1, 0.15) is 49.5 Å². The lowest BCUT2D eigenvalue weighted by Crippen LogP contribution is -2.33. The molecule has 2 aromatic carbocycles. The number of benzene rings is 2. The Morgan fingerprint density at radius 1 is 1.00 bits per heavy atom. The van der Waals surface area contributed by atoms with E-state index in [9.17, 15) is 9.59 Å². The van der Waals surface area contributed by atoms with Crippen molar-refractivity contribution < 1.29 is 19.1 Å². The van der Waals surface area contributed by atoms with Gasteiger partial charge in [-0.05, 0) is 37.0 Å². The van der Waals surface area contributed by atoms with Crippen LogP contribution in [0.4, 0.5) is 0 Å². The van der Waals surface area contributed by atoms with Crippen LogP contribution in [0.25, 0.3) is 0 Å². The Balaban J connectivity index is 2.18. The second-order valence-electron chi connectivity index (χ2n) is 7.29. The lowest BCUT2D eigenvalue weighted by atomic mass is 10.1. The van der Waals surface area contributed by atoms with Gasteiger partial charge in [0, 0.05) is 13.1 Å². The van der Waals surface area contributed by atoms with E-state index in [1.807, 2.05) is 48.5 Å². The van der Waals surface area contributed by atoms with Crippen molar-refractivity contribution in [2.75, 3.05) is 19.8 Å². The van der Waals surface area contributed by atoms with Gasteiger partial charge in [0.25, 0.3) is 5.91 Å². The van der Waals surface area contributed by atoms with Crippen molar-refractivity contribution in [1.29, 1.82) is 0 Å². The largest absolute Gasteiger partial charge is 0.493 e. The fourth-order valence-electron chi connectivity index (χ4n) is 2.86. The molecule has 0 heterocycles. The Labute approximate surface area is 173 Å². The highest BCUT2D eigenvalue weighted by molar-refractivity contribution is 5.97. The number of ether oxygens (including phenoxy) is 2. The first-order valence-electron chi connectivity index (χ1n) is 10.2. The number of hydrogen-bond acceptors (Lipinski definition) is 4. The number of para-hydroxylation sites is 1. The van der Waals surface area contributed by atoms with Crippen LogP contribution in [0.5, 0.6) is 5.75 Å². The molecule has 0 aliphatic carbocycles. The molecular formula is C24H31NO4. The number of nitrogens with zero attached hydrogens (tertiary/aromatic N) is 1. The van der Waals surface area contributed by atoms with Crippen LogP contribution >= 0.6 is 0 Å². The summed E-state index contributed by atoms with van der Waals surface area (Å²) in [6.45, 7) is 7.64. The van der Waals surface area contributed by atoms with Gasteiger partial charge in [-0.1, -0.05) is 56.3 Å². The van der Waals surface area contributed by atoms with E-state index < -0.39 is 0 Å². The molecule has 2 rings (SSSR count). The molecule has 0 spiro atoms. The number of esters is 1. The van der Waals surface area contributed by atoms with Crippen LogP contribution in [0.2, 0.25) is 0 Å². The van der Waals surface area contributed by atoms with Crippen molar-refractivity contribution in [3.63, 3.8) is 0 Å². The topological polar surface area (TPSA) is 55.8 Å². The molecule has 0 unspecified atom stereocenters. The lowest BCUT2D eigenvalue weighted by molar-refractivity contribution is -0.143. The van der Waals surface area contributed by atoms with Gasteiger partial charge < -0.3 is 14.4 Å². The quantitative estimate of drug-likeness (QED) is 0.516. The van der Waals surface area contributed by atoms with Crippen molar-refractivity contribution in [1.82, 2.24) is 4.90 Å². The Bertz CT molecular complexity index is 773. The molecule has 5 nitrogen and oxygen atoms in total. The van der Waals surface area contributed by atoms with E-state index in [2.05, 4.69) is 13.8 Å². The standard InChI is InChI=1S/C24H31NO4/c1-4-28-23(26)14-16-25(18-20-10-6-5-7-11-20)24(27)21-12-8-9-13-22(21)29-17-15-19(2)3/h5-13,19H,4,14-18H2,1-3H3. The molecule has 0 atom stereocenters. The number of carbonyl (C=O) groups is 2. The zero-order valence-corrected chi connectivity index (χ0v) is 17.6. The molecule has 0 fully saturated rings. The van der Waals surface area contributed by atoms with Crippen LogP contribution in [0, 0.1) is 5.92 Å². The Morgan fingerprint density at radius 2 is 1.69 bits per heavy atom. The average Bonchev–Trinajstić information content (AvgIpc) is 2.71. The molecular weight excluding hydrogens is 366 g/mol. The third-order valence-electron chi connectivity index (χ3n) is 4.46. The second-order valence-corrected chi connectivity index (χ2v) is 7.29. The van der Waals surface area contributed by atoms with E-state index >= 15 is 0 Å². The average molecular weight is 398 g/mol. The Kier molecular flexibility index (Phi) is 9.22. The van der Waals surface area contributed by atoms with Crippen LogP contribution in [-0.2, 0) is 16.1 Å². The molecule has 0 radical (unpaired) electrons. The molecule has 0 aliphatic heterocycles. The summed E-state index contributed by atoms with van der Waals surface area (Å²) in [5.74, 6) is 0.641. The molecule has 156 valence electrons. The molecule has 0 aliphatic rings. The van der Waals surface area contributed by atoms with E-state index in [4.69, 9.17) is 9.47 Å². The third-order valence-corrected chi connectivity index (χ3v) is 4.46. The number of rotatable bonds is 11. The summed E-state index contributed by atoms with van der Waals surface area (Å²) in [5, 5.41) is 0. The molecule has 0 saturated carbocycles. The van der Waals surface area contributed by atoms with Crippen molar-refractivity contribution in [3.05, 3.63) is 65.7 Å². The first kappa shape index (κ1) is 22.5. The van der Waals surface area contributed by atoms with Gasteiger partial charge in [0.15, 0.2) is 0 Å². The van der Waals surface area contributed by atoms with Crippen molar-refractivity contribution in [2.45, 2.75) is 40.2 Å². The summed E-state index contributed by atoms with van der Waals surface area (Å²) in [4.78, 5) is 26.9. The maximum atomic E-state index is 13.3. The van der Waals surface area contributed by atoms with Gasteiger partial charge in [0.05, 0.1) is 25.2 Å². The Hall–Kier alpha value is -2.82. The van der Waals surface area contributed by atoms with E-state index in [0.29, 0.717) is 37.0 Å². The first-order chi connectivity index (χ1) is 14.0. The van der Waals surface area contributed by atoms with Crippen LogP contribution in [0.3, 0.4) is 0 Å². The zero-order valence-electron chi connectivity index (χ0n) is 17.6. The SMILES string of the molecule is CCOC(=O)CCN(Cc1ccccc1)C(=O)c1ccccc1OCCC(C)C. The first-order valence-corrected chi connectivity index (χ1v) is 10.2. The van der Waals surface area contributed by atoms with Crippen molar-refractivity contribution >= 4 is 11.9 Å². The smallest absolute Gasteiger partial charge is 0.307 e. The highest BCUT2D eigenvalue weighted by Gasteiger charge is 2.21. The molecule has 2 aromatic rings. The summed E-state index contributed by atoms with van der Waals surface area (Å²) in [6.07, 6.45) is 1.07. The highest BCUT2D eigenvalue weighted by atomic mass is 16.5. The highest BCUT2D eigenvalue weighted by Crippen LogP contribution is 2.22. The summed E-state index contributed by atoms with van der Waals surface area (Å²) >= 11 is 0. The number of hydrogen-bond donors (Lipinski definition) is 0. The van der Waals surface area contributed by atoms with Gasteiger partial charge in [-0.2, -0.15) is 0 Å². The fraction of sp³-hybridized carbons (Fsp3) is 0.417. The van der Waals surface area contributed by atoms with Gasteiger partial charge in [-0.25, -0.2) is 0 Å². The van der Waals surface area contributed by atoms with Crippen LogP contribution < -0.4 is 4.74 Å². The summed E-state index contributed by atoms with van der Waals surface area (Å²) in [7, 11) is 0. The zero-order chi connectivity index (χ0) is 21.1. The monoisotopic (exact) mass is 397 g/mol. The minimum atomic E-state index is -0.306. The van der Waals surface area contributed by atoms with E-state index in [0.717, 1.165) is 12.0 Å². The van der Waals surface area contributed by atoms with Crippen molar-refractivity contribution in [2.24, 2.45) is 5.92 Å². The molecule has 0 aromatic heterocycles. The molecule has 0 N–H and O–H groups in total. The van der Waals surface area contributed by atoms with Gasteiger partial charge in [0.2, 0.25) is 0 Å². The number of amides is 1. The Morgan fingerprint density at radius 3 is 2.38 bits per heavy atom.